The first kappa shape index (κ1) is 18.6. The average molecular weight is 309 g/mol. The quantitative estimate of drug-likeness (QED) is 0.807. The lowest BCUT2D eigenvalue weighted by Crippen LogP contribution is -2.43. The molecular weight excluding hydrogens is 290 g/mol. The van der Waals surface area contributed by atoms with Crippen LogP contribution in [-0.4, -0.2) is 31.5 Å². The number of carbonyl (C=O) groups excluding carboxylic acids is 1. The fourth-order valence-corrected chi connectivity index (χ4v) is 1.32. The van der Waals surface area contributed by atoms with Gasteiger partial charge in [0.25, 0.3) is 11.8 Å². The van der Waals surface area contributed by atoms with E-state index >= 15 is 0 Å². The van der Waals surface area contributed by atoms with Gasteiger partial charge in [0.1, 0.15) is 5.75 Å². The number of carbonyl (C=O) groups is 1. The molecule has 0 fully saturated rings. The van der Waals surface area contributed by atoms with Crippen molar-refractivity contribution in [1.82, 2.24) is 5.32 Å². The molecule has 0 aliphatic rings. The highest BCUT2D eigenvalue weighted by molar-refractivity contribution is 5.85. The van der Waals surface area contributed by atoms with Crippen molar-refractivity contribution in [3.05, 3.63) is 29.8 Å². The van der Waals surface area contributed by atoms with Gasteiger partial charge in [0, 0.05) is 0 Å². The molecule has 0 heterocycles. The number of amides is 1. The summed E-state index contributed by atoms with van der Waals surface area (Å²) < 4.78 is 30.7. The van der Waals surface area contributed by atoms with Crippen molar-refractivity contribution < 1.29 is 18.3 Å². The number of benzene rings is 1. The van der Waals surface area contributed by atoms with Gasteiger partial charge in [-0.25, -0.2) is 8.78 Å². The van der Waals surface area contributed by atoms with E-state index in [9.17, 15) is 13.6 Å². The van der Waals surface area contributed by atoms with Crippen LogP contribution in [0.5, 0.6) is 5.75 Å². The second-order valence-corrected chi connectivity index (χ2v) is 4.12. The zero-order chi connectivity index (χ0) is 14.3. The third kappa shape index (κ3) is 6.68. The lowest BCUT2D eigenvalue weighted by molar-refractivity contribution is -0.124. The van der Waals surface area contributed by atoms with Crippen molar-refractivity contribution in [2.45, 2.75) is 19.3 Å². The highest BCUT2D eigenvalue weighted by atomic mass is 35.5. The number of rotatable bonds is 7. The molecule has 0 saturated heterocycles. The lowest BCUT2D eigenvalue weighted by Gasteiger charge is -2.14. The number of halogens is 3. The Morgan fingerprint density at radius 1 is 1.35 bits per heavy atom. The van der Waals surface area contributed by atoms with Gasteiger partial charge in [-0.1, -0.05) is 19.1 Å². The summed E-state index contributed by atoms with van der Waals surface area (Å²) in [6, 6.07) is 7.24. The van der Waals surface area contributed by atoms with Crippen molar-refractivity contribution in [2.75, 3.05) is 19.7 Å². The van der Waals surface area contributed by atoms with Crippen molar-refractivity contribution in [1.29, 1.82) is 0 Å². The van der Waals surface area contributed by atoms with Gasteiger partial charge < -0.3 is 15.8 Å². The Morgan fingerprint density at radius 2 is 1.95 bits per heavy atom. The summed E-state index contributed by atoms with van der Waals surface area (Å²) in [7, 11) is 0. The molecular formula is C13H19ClF2N2O2. The number of hydrogen-bond donors (Lipinski definition) is 2. The first-order valence-corrected chi connectivity index (χ1v) is 6.03. The molecule has 20 heavy (non-hydrogen) atoms. The van der Waals surface area contributed by atoms with Crippen molar-refractivity contribution >= 4 is 18.3 Å². The second-order valence-electron chi connectivity index (χ2n) is 4.12. The molecule has 3 N–H and O–H groups in total. The highest BCUT2D eigenvalue weighted by Crippen LogP contribution is 2.12. The van der Waals surface area contributed by atoms with Crippen LogP contribution in [0.4, 0.5) is 8.78 Å². The zero-order valence-corrected chi connectivity index (χ0v) is 12.0. The second kappa shape index (κ2) is 8.71. The summed E-state index contributed by atoms with van der Waals surface area (Å²) in [6.07, 6.45) is 0.912. The predicted molar refractivity (Wildman–Crippen MR) is 75.6 cm³/mol. The van der Waals surface area contributed by atoms with Crippen LogP contribution in [0.3, 0.4) is 0 Å². The minimum Gasteiger partial charge on any atom is -0.484 e. The summed E-state index contributed by atoms with van der Waals surface area (Å²) >= 11 is 0. The van der Waals surface area contributed by atoms with Crippen molar-refractivity contribution in [2.24, 2.45) is 5.73 Å². The van der Waals surface area contributed by atoms with Crippen LogP contribution in [0.1, 0.15) is 12.5 Å². The Kier molecular flexibility index (Phi) is 8.10. The smallest absolute Gasteiger partial charge is 0.277 e. The zero-order valence-electron chi connectivity index (χ0n) is 11.2. The molecule has 0 aromatic heterocycles. The van der Waals surface area contributed by atoms with Crippen LogP contribution in [0.2, 0.25) is 0 Å². The van der Waals surface area contributed by atoms with Gasteiger partial charge in [-0.05, 0) is 24.1 Å². The first-order valence-electron chi connectivity index (χ1n) is 6.03. The lowest BCUT2D eigenvalue weighted by atomic mass is 10.2. The van der Waals surface area contributed by atoms with Gasteiger partial charge in [0.15, 0.2) is 6.61 Å². The Bertz CT molecular complexity index is 413. The maximum Gasteiger partial charge on any atom is 0.277 e. The highest BCUT2D eigenvalue weighted by Gasteiger charge is 2.27. The molecule has 0 unspecified atom stereocenters. The number of hydrogen-bond acceptors (Lipinski definition) is 3. The van der Waals surface area contributed by atoms with Crippen LogP contribution >= 0.6 is 12.4 Å². The van der Waals surface area contributed by atoms with Crippen molar-refractivity contribution in [3.63, 3.8) is 0 Å². The van der Waals surface area contributed by atoms with Gasteiger partial charge in [-0.2, -0.15) is 0 Å². The Labute approximate surface area is 123 Å². The predicted octanol–water partition coefficient (Wildman–Crippen LogP) is 1.76. The number of ether oxygens (including phenoxy) is 1. The number of aryl methyl sites for hydroxylation is 1. The minimum atomic E-state index is -3.08. The summed E-state index contributed by atoms with van der Waals surface area (Å²) in [5, 5.41) is 2.07. The molecule has 1 rings (SSSR count). The van der Waals surface area contributed by atoms with Gasteiger partial charge in [0.2, 0.25) is 0 Å². The molecule has 114 valence electrons. The molecule has 4 nitrogen and oxygen atoms in total. The van der Waals surface area contributed by atoms with Crippen LogP contribution in [0.25, 0.3) is 0 Å². The largest absolute Gasteiger partial charge is 0.484 e. The molecule has 1 aromatic rings. The number of alkyl halides is 2. The maximum absolute atomic E-state index is 12.8. The summed E-state index contributed by atoms with van der Waals surface area (Å²) in [5.74, 6) is -3.16. The van der Waals surface area contributed by atoms with Crippen LogP contribution in [0.15, 0.2) is 24.3 Å². The van der Waals surface area contributed by atoms with Gasteiger partial charge in [0.05, 0.1) is 13.1 Å². The van der Waals surface area contributed by atoms with Crippen molar-refractivity contribution in [3.8, 4) is 5.75 Å². The first-order chi connectivity index (χ1) is 8.96. The maximum atomic E-state index is 12.8. The molecule has 0 aliphatic heterocycles. The van der Waals surface area contributed by atoms with Gasteiger partial charge in [-0.3, -0.25) is 4.79 Å². The molecule has 1 amide bonds. The molecule has 0 aliphatic carbocycles. The van der Waals surface area contributed by atoms with E-state index in [4.69, 9.17) is 10.5 Å². The monoisotopic (exact) mass is 308 g/mol. The fourth-order valence-electron chi connectivity index (χ4n) is 1.32. The van der Waals surface area contributed by atoms with E-state index in [2.05, 4.69) is 5.32 Å². The third-order valence-electron chi connectivity index (χ3n) is 2.54. The standard InChI is InChI=1S/C13H18F2N2O2.ClH/c1-2-10-3-5-11(6-4-10)19-7-12(18)17-9-13(14,15)8-16;/h3-6H,2,7-9,16H2,1H3,(H,17,18);1H. The Morgan fingerprint density at radius 3 is 2.45 bits per heavy atom. The average Bonchev–Trinajstić information content (AvgIpc) is 2.43. The minimum absolute atomic E-state index is 0. The van der Waals surface area contributed by atoms with Gasteiger partial charge in [-0.15, -0.1) is 12.4 Å². The molecule has 0 radical (unpaired) electrons. The van der Waals surface area contributed by atoms with E-state index in [0.717, 1.165) is 12.0 Å². The Balaban J connectivity index is 0.00000361. The summed E-state index contributed by atoms with van der Waals surface area (Å²) in [6.45, 7) is 0.153. The fraction of sp³-hybridized carbons (Fsp3) is 0.462. The molecule has 0 bridgehead atoms. The summed E-state index contributed by atoms with van der Waals surface area (Å²) in [5.41, 5.74) is 6.00. The van der Waals surface area contributed by atoms with E-state index < -0.39 is 24.9 Å². The van der Waals surface area contributed by atoms with E-state index in [1.54, 1.807) is 12.1 Å². The van der Waals surface area contributed by atoms with Crippen LogP contribution in [-0.2, 0) is 11.2 Å². The molecule has 1 aromatic carbocycles. The molecule has 0 saturated carbocycles. The van der Waals surface area contributed by atoms with E-state index in [1.165, 1.54) is 0 Å². The SMILES string of the molecule is CCc1ccc(OCC(=O)NCC(F)(F)CN)cc1.Cl. The van der Waals surface area contributed by atoms with E-state index in [-0.39, 0.29) is 19.0 Å². The van der Waals surface area contributed by atoms with Crippen LogP contribution < -0.4 is 15.8 Å². The normalized spacial score (nSPS) is 10.6. The van der Waals surface area contributed by atoms with E-state index in [0.29, 0.717) is 5.75 Å². The molecule has 0 spiro atoms. The van der Waals surface area contributed by atoms with Gasteiger partial charge >= 0.3 is 0 Å². The molecule has 0 atom stereocenters. The Hall–Kier alpha value is -1.40. The van der Waals surface area contributed by atoms with E-state index in [1.807, 2.05) is 19.1 Å². The number of nitrogens with two attached hydrogens (primary N) is 1. The summed E-state index contributed by atoms with van der Waals surface area (Å²) in [4.78, 5) is 11.3. The number of nitrogens with one attached hydrogen (secondary N) is 1. The third-order valence-corrected chi connectivity index (χ3v) is 2.54. The topological polar surface area (TPSA) is 64.3 Å². The molecule has 7 heteroatoms. The van der Waals surface area contributed by atoms with Crippen LogP contribution in [0, 0.1) is 0 Å².